The molecule has 0 amide bonds. The molecule has 0 aromatic carbocycles. The zero-order chi connectivity index (χ0) is 18.0. The van der Waals surface area contributed by atoms with Crippen LogP contribution in [0.15, 0.2) is 0 Å². The lowest BCUT2D eigenvalue weighted by Crippen LogP contribution is -2.47. The summed E-state index contributed by atoms with van der Waals surface area (Å²) >= 11 is 0. The van der Waals surface area contributed by atoms with Crippen LogP contribution in [0.5, 0.6) is 0 Å². The molecule has 4 saturated heterocycles. The van der Waals surface area contributed by atoms with Gasteiger partial charge in [0.25, 0.3) is 10.1 Å². The highest BCUT2D eigenvalue weighted by atomic mass is 32.2. The molecule has 0 spiro atoms. The van der Waals surface area contributed by atoms with Gasteiger partial charge in [0.1, 0.15) is 29.7 Å². The number of hydrogen-bond acceptors (Lipinski definition) is 8. The second-order valence-corrected chi connectivity index (χ2v) is 10.4. The van der Waals surface area contributed by atoms with E-state index in [0.717, 1.165) is 6.42 Å². The largest absolute Gasteiger partial charge is 0.462 e. The first-order chi connectivity index (χ1) is 12.3. The third-order valence-corrected chi connectivity index (χ3v) is 9.24. The van der Waals surface area contributed by atoms with Crippen molar-refractivity contribution in [1.82, 2.24) is 0 Å². The molecule has 6 aliphatic rings. The summed E-state index contributed by atoms with van der Waals surface area (Å²) in [5.74, 6) is -1.26. The number of rotatable bonds is 2. The van der Waals surface area contributed by atoms with Crippen LogP contribution in [0.4, 0.5) is 0 Å². The van der Waals surface area contributed by atoms with Gasteiger partial charge >= 0.3 is 11.9 Å². The van der Waals surface area contributed by atoms with Crippen molar-refractivity contribution >= 4 is 22.1 Å². The third-order valence-electron chi connectivity index (χ3n) is 7.55. The Morgan fingerprint density at radius 1 is 1.12 bits per heavy atom. The van der Waals surface area contributed by atoms with Crippen molar-refractivity contribution in [3.63, 3.8) is 0 Å². The molecule has 2 saturated carbocycles. The van der Waals surface area contributed by atoms with Crippen molar-refractivity contribution in [2.24, 2.45) is 29.6 Å². The summed E-state index contributed by atoms with van der Waals surface area (Å²) in [6.07, 6.45) is -0.620. The summed E-state index contributed by atoms with van der Waals surface area (Å²) in [5.41, 5.74) is 0. The van der Waals surface area contributed by atoms with Crippen LogP contribution >= 0.6 is 0 Å². The van der Waals surface area contributed by atoms with Gasteiger partial charge in [-0.2, -0.15) is 8.42 Å². The number of carbonyl (C=O) groups is 2. The van der Waals surface area contributed by atoms with Crippen LogP contribution in [-0.2, 0) is 38.1 Å². The Morgan fingerprint density at radius 2 is 1.92 bits per heavy atom. The Labute approximate surface area is 150 Å². The van der Waals surface area contributed by atoms with E-state index in [2.05, 4.69) is 0 Å². The molecule has 6 fully saturated rings. The first-order valence-electron chi connectivity index (χ1n) is 9.33. The van der Waals surface area contributed by atoms with Crippen LogP contribution < -0.4 is 0 Å². The van der Waals surface area contributed by atoms with Gasteiger partial charge in [0.2, 0.25) is 0 Å². The summed E-state index contributed by atoms with van der Waals surface area (Å²) in [6.45, 7) is 2.02. The van der Waals surface area contributed by atoms with Gasteiger partial charge in [0.15, 0.2) is 0 Å². The van der Waals surface area contributed by atoms with E-state index < -0.39 is 51.5 Å². The predicted octanol–water partition coefficient (Wildman–Crippen LogP) is 0.000200. The Hall–Kier alpha value is -1.19. The molecule has 142 valence electrons. The van der Waals surface area contributed by atoms with E-state index in [0.29, 0.717) is 12.8 Å². The molecule has 2 aliphatic carbocycles. The molecule has 0 radical (unpaired) electrons. The van der Waals surface area contributed by atoms with E-state index in [-0.39, 0.29) is 35.9 Å². The molecule has 6 rings (SSSR count). The van der Waals surface area contributed by atoms with E-state index in [4.69, 9.17) is 18.4 Å². The van der Waals surface area contributed by atoms with Crippen LogP contribution in [0.3, 0.4) is 0 Å². The molecule has 9 heteroatoms. The van der Waals surface area contributed by atoms with Gasteiger partial charge < -0.3 is 14.2 Å². The molecular weight excluding hydrogens is 364 g/mol. The first-order valence-corrected chi connectivity index (χ1v) is 10.8. The van der Waals surface area contributed by atoms with Crippen molar-refractivity contribution in [3.05, 3.63) is 0 Å². The lowest BCUT2D eigenvalue weighted by molar-refractivity contribution is -0.179. The number of esters is 2. The first kappa shape index (κ1) is 15.8. The van der Waals surface area contributed by atoms with Crippen LogP contribution in [0.25, 0.3) is 0 Å². The number of hydrogen-bond donors (Lipinski definition) is 0. The van der Waals surface area contributed by atoms with Crippen LogP contribution in [0.2, 0.25) is 0 Å². The highest BCUT2D eigenvalue weighted by Crippen LogP contribution is 2.60. The number of ether oxygens (including phenoxy) is 3. The molecule has 11 atom stereocenters. The average Bonchev–Trinajstić information content (AvgIpc) is 3.29. The molecule has 26 heavy (non-hydrogen) atoms. The summed E-state index contributed by atoms with van der Waals surface area (Å²) in [4.78, 5) is 25.2. The summed E-state index contributed by atoms with van der Waals surface area (Å²) in [6, 6.07) is 0. The fourth-order valence-corrected chi connectivity index (χ4v) is 8.16. The molecular formula is C17H20O8S. The predicted molar refractivity (Wildman–Crippen MR) is 83.0 cm³/mol. The Morgan fingerprint density at radius 3 is 2.73 bits per heavy atom. The zero-order valence-corrected chi connectivity index (χ0v) is 15.0. The number of fused-ring (bicyclic) bond motifs is 2. The van der Waals surface area contributed by atoms with Gasteiger partial charge in [-0.3, -0.25) is 13.8 Å². The van der Waals surface area contributed by atoms with E-state index in [1.807, 2.05) is 6.92 Å². The summed E-state index contributed by atoms with van der Waals surface area (Å²) in [5, 5.41) is -0.658. The van der Waals surface area contributed by atoms with Gasteiger partial charge in [-0.25, -0.2) is 0 Å². The monoisotopic (exact) mass is 384 g/mol. The van der Waals surface area contributed by atoms with E-state index in [1.54, 1.807) is 0 Å². The van der Waals surface area contributed by atoms with Crippen LogP contribution in [0, 0.1) is 29.6 Å². The van der Waals surface area contributed by atoms with E-state index >= 15 is 0 Å². The molecule has 0 N–H and O–H groups in total. The Balaban J connectivity index is 1.25. The van der Waals surface area contributed by atoms with Crippen molar-refractivity contribution in [3.8, 4) is 0 Å². The van der Waals surface area contributed by atoms with E-state index in [9.17, 15) is 18.0 Å². The van der Waals surface area contributed by atoms with Crippen LogP contribution in [-0.4, -0.2) is 56.1 Å². The maximum Gasteiger partial charge on any atom is 0.310 e. The zero-order valence-electron chi connectivity index (χ0n) is 14.1. The fourth-order valence-electron chi connectivity index (χ4n) is 6.48. The standard InChI is InChI=1S/C17H20O8S/c1-5-7-4-8-12(17(19)24-13(5)8)11(7)16(18)23-9-2-6-3-10-15(22-6)14(9)25-26(10,20)21/h5-15H,2-4H2,1H3. The summed E-state index contributed by atoms with van der Waals surface area (Å²) in [7, 11) is -3.67. The van der Waals surface area contributed by atoms with Crippen molar-refractivity contribution in [2.45, 2.75) is 62.0 Å². The highest BCUT2D eigenvalue weighted by Gasteiger charge is 2.68. The minimum absolute atomic E-state index is 0.0652. The van der Waals surface area contributed by atoms with Gasteiger partial charge in [0.05, 0.1) is 17.9 Å². The maximum atomic E-state index is 13.0. The van der Waals surface area contributed by atoms with Crippen molar-refractivity contribution in [2.75, 3.05) is 0 Å². The molecule has 4 aliphatic heterocycles. The second kappa shape index (κ2) is 4.80. The van der Waals surface area contributed by atoms with E-state index in [1.165, 1.54) is 0 Å². The van der Waals surface area contributed by atoms with Gasteiger partial charge in [-0.05, 0) is 24.7 Å². The van der Waals surface area contributed by atoms with Gasteiger partial charge in [0, 0.05) is 12.3 Å². The summed E-state index contributed by atoms with van der Waals surface area (Å²) < 4.78 is 46.4. The van der Waals surface area contributed by atoms with Crippen LogP contribution in [0.1, 0.15) is 26.2 Å². The minimum Gasteiger partial charge on any atom is -0.462 e. The molecule has 4 bridgehead atoms. The normalized spacial score (nSPS) is 57.4. The average molecular weight is 384 g/mol. The Bertz CT molecular complexity index is 808. The quantitative estimate of drug-likeness (QED) is 0.484. The maximum absolute atomic E-state index is 13.0. The molecule has 0 aromatic heterocycles. The lowest BCUT2D eigenvalue weighted by Gasteiger charge is -2.34. The minimum atomic E-state index is -3.67. The molecule has 11 unspecified atom stereocenters. The molecule has 8 nitrogen and oxygen atoms in total. The molecule has 4 heterocycles. The Kier molecular flexibility index (Phi) is 2.92. The topological polar surface area (TPSA) is 105 Å². The fraction of sp³-hybridized carbons (Fsp3) is 0.882. The lowest BCUT2D eigenvalue weighted by atomic mass is 9.75. The molecule has 0 aromatic rings. The van der Waals surface area contributed by atoms with Crippen molar-refractivity contribution < 1.29 is 36.4 Å². The van der Waals surface area contributed by atoms with Crippen molar-refractivity contribution in [1.29, 1.82) is 0 Å². The number of carbonyl (C=O) groups excluding carboxylic acids is 2. The second-order valence-electron chi connectivity index (χ2n) is 8.64. The van der Waals surface area contributed by atoms with Gasteiger partial charge in [-0.1, -0.05) is 6.92 Å². The van der Waals surface area contributed by atoms with Gasteiger partial charge in [-0.15, -0.1) is 0 Å². The smallest absolute Gasteiger partial charge is 0.310 e. The third kappa shape index (κ3) is 1.79. The SMILES string of the molecule is CC1C2CC3C1OC(=O)C3C2C(=O)OC1CC2CC3C(O2)C1OS3(=O)=O. The highest BCUT2D eigenvalue weighted by molar-refractivity contribution is 7.87.